The molecule has 0 aromatic heterocycles. The molecule has 1 atom stereocenters. The monoisotopic (exact) mass is 304 g/mol. The maximum absolute atomic E-state index is 9.92. The Hall–Kier alpha value is -0.520. The van der Waals surface area contributed by atoms with Crippen molar-refractivity contribution < 1.29 is 9.84 Å². The van der Waals surface area contributed by atoms with Crippen LogP contribution in [0.4, 0.5) is 0 Å². The number of morpholine rings is 1. The van der Waals surface area contributed by atoms with Gasteiger partial charge in [0.2, 0.25) is 0 Å². The highest BCUT2D eigenvalue weighted by atomic mass is 35.5. The minimum absolute atomic E-state index is 0.0978. The number of nitrogens with one attached hydrogen (secondary N) is 1. The quantitative estimate of drug-likeness (QED) is 0.894. The lowest BCUT2D eigenvalue weighted by Crippen LogP contribution is -2.44. The van der Waals surface area contributed by atoms with Crippen molar-refractivity contribution in [2.75, 3.05) is 33.3 Å². The van der Waals surface area contributed by atoms with E-state index >= 15 is 0 Å². The van der Waals surface area contributed by atoms with Crippen molar-refractivity contribution in [2.24, 2.45) is 0 Å². The second-order valence-corrected chi connectivity index (χ2v) is 5.63. The van der Waals surface area contributed by atoms with Crippen LogP contribution in [0.15, 0.2) is 12.1 Å². The van der Waals surface area contributed by atoms with Crippen molar-refractivity contribution in [3.05, 3.63) is 27.7 Å². The first-order chi connectivity index (χ1) is 9.06. The molecule has 1 unspecified atom stereocenters. The molecular formula is C13H18Cl2N2O2. The van der Waals surface area contributed by atoms with E-state index in [4.69, 9.17) is 27.9 Å². The fourth-order valence-electron chi connectivity index (χ4n) is 2.18. The summed E-state index contributed by atoms with van der Waals surface area (Å²) in [4.78, 5) is 2.08. The number of rotatable bonds is 4. The molecule has 1 aromatic carbocycles. The van der Waals surface area contributed by atoms with Crippen molar-refractivity contribution >= 4 is 23.2 Å². The summed E-state index contributed by atoms with van der Waals surface area (Å²) >= 11 is 11.9. The van der Waals surface area contributed by atoms with Crippen LogP contribution < -0.4 is 5.32 Å². The van der Waals surface area contributed by atoms with Gasteiger partial charge in [-0.05, 0) is 19.2 Å². The second kappa shape index (κ2) is 6.77. The Morgan fingerprint density at radius 3 is 2.95 bits per heavy atom. The molecule has 0 spiro atoms. The molecule has 0 radical (unpaired) electrons. The van der Waals surface area contributed by atoms with Crippen LogP contribution in [0.3, 0.4) is 0 Å². The van der Waals surface area contributed by atoms with Crippen molar-refractivity contribution in [1.29, 1.82) is 0 Å². The van der Waals surface area contributed by atoms with Crippen molar-refractivity contribution in [3.63, 3.8) is 0 Å². The number of phenols is 1. The summed E-state index contributed by atoms with van der Waals surface area (Å²) in [5, 5.41) is 14.0. The van der Waals surface area contributed by atoms with Crippen LogP contribution in [-0.4, -0.2) is 49.4 Å². The summed E-state index contributed by atoms with van der Waals surface area (Å²) < 4.78 is 5.65. The van der Waals surface area contributed by atoms with Gasteiger partial charge in [-0.2, -0.15) is 0 Å². The van der Waals surface area contributed by atoms with E-state index in [1.54, 1.807) is 6.07 Å². The predicted molar refractivity (Wildman–Crippen MR) is 77.1 cm³/mol. The number of hydrogen-bond donors (Lipinski definition) is 2. The van der Waals surface area contributed by atoms with Gasteiger partial charge in [0.1, 0.15) is 5.75 Å². The number of nitrogens with zero attached hydrogens (tertiary/aromatic N) is 1. The Morgan fingerprint density at radius 1 is 1.47 bits per heavy atom. The summed E-state index contributed by atoms with van der Waals surface area (Å²) in [5.41, 5.74) is 0.726. The van der Waals surface area contributed by atoms with Gasteiger partial charge in [-0.15, -0.1) is 0 Å². The highest BCUT2D eigenvalue weighted by Crippen LogP contribution is 2.31. The number of hydrogen-bond acceptors (Lipinski definition) is 4. The molecule has 1 fully saturated rings. The SMILES string of the molecule is CN(Cc1cc(Cl)cc(Cl)c1O)CC1CNCCO1. The summed E-state index contributed by atoms with van der Waals surface area (Å²) in [7, 11) is 1.98. The third-order valence-corrected chi connectivity index (χ3v) is 3.57. The maximum atomic E-state index is 9.92. The Morgan fingerprint density at radius 2 is 2.26 bits per heavy atom. The Bertz CT molecular complexity index is 437. The first-order valence-corrected chi connectivity index (χ1v) is 6.99. The van der Waals surface area contributed by atoms with Gasteiger partial charge in [0, 0.05) is 36.8 Å². The van der Waals surface area contributed by atoms with E-state index in [-0.39, 0.29) is 16.9 Å². The average Bonchev–Trinajstić information content (AvgIpc) is 2.36. The fraction of sp³-hybridized carbons (Fsp3) is 0.538. The average molecular weight is 305 g/mol. The zero-order chi connectivity index (χ0) is 13.8. The van der Waals surface area contributed by atoms with Crippen molar-refractivity contribution in [3.8, 4) is 5.75 Å². The van der Waals surface area contributed by atoms with E-state index in [2.05, 4.69) is 10.2 Å². The van der Waals surface area contributed by atoms with E-state index in [1.165, 1.54) is 6.07 Å². The van der Waals surface area contributed by atoms with Crippen LogP contribution >= 0.6 is 23.2 Å². The lowest BCUT2D eigenvalue weighted by Gasteiger charge is -2.28. The molecule has 106 valence electrons. The summed E-state index contributed by atoms with van der Waals surface area (Å²) in [6.45, 7) is 3.87. The normalized spacial score (nSPS) is 19.9. The van der Waals surface area contributed by atoms with Gasteiger partial charge in [0.25, 0.3) is 0 Å². The maximum Gasteiger partial charge on any atom is 0.138 e. The number of phenolic OH excluding ortho intramolecular Hbond substituents is 1. The minimum atomic E-state index is 0.0978. The van der Waals surface area contributed by atoms with Crippen LogP contribution in [0.1, 0.15) is 5.56 Å². The van der Waals surface area contributed by atoms with Gasteiger partial charge in [0.15, 0.2) is 0 Å². The standard InChI is InChI=1S/C13H18Cl2N2O2/c1-17(8-11-6-16-2-3-19-11)7-9-4-10(14)5-12(15)13(9)18/h4-5,11,16,18H,2-3,6-8H2,1H3. The van der Waals surface area contributed by atoms with Crippen LogP contribution in [0.25, 0.3) is 0 Å². The van der Waals surface area contributed by atoms with E-state index in [0.717, 1.165) is 31.8 Å². The molecule has 2 rings (SSSR count). The minimum Gasteiger partial charge on any atom is -0.506 e. The molecule has 0 amide bonds. The van der Waals surface area contributed by atoms with Gasteiger partial charge < -0.3 is 15.2 Å². The van der Waals surface area contributed by atoms with E-state index in [0.29, 0.717) is 11.6 Å². The van der Waals surface area contributed by atoms with Gasteiger partial charge in [0.05, 0.1) is 17.7 Å². The van der Waals surface area contributed by atoms with Gasteiger partial charge in [-0.25, -0.2) is 0 Å². The third kappa shape index (κ3) is 4.23. The predicted octanol–water partition coefficient (Wildman–Crippen LogP) is 2.12. The topological polar surface area (TPSA) is 44.7 Å². The van der Waals surface area contributed by atoms with E-state index in [1.807, 2.05) is 7.05 Å². The second-order valence-electron chi connectivity index (χ2n) is 4.79. The lowest BCUT2D eigenvalue weighted by molar-refractivity contribution is 0.00875. The summed E-state index contributed by atoms with van der Waals surface area (Å²) in [6, 6.07) is 3.27. The van der Waals surface area contributed by atoms with Crippen LogP contribution in [0.5, 0.6) is 5.75 Å². The number of likely N-dealkylation sites (N-methyl/N-ethyl adjacent to an activating group) is 1. The largest absolute Gasteiger partial charge is 0.506 e. The van der Waals surface area contributed by atoms with E-state index < -0.39 is 0 Å². The molecule has 1 aliphatic heterocycles. The van der Waals surface area contributed by atoms with Crippen LogP contribution in [0, 0.1) is 0 Å². The fourth-order valence-corrected chi connectivity index (χ4v) is 2.72. The Kier molecular flexibility index (Phi) is 5.30. The highest BCUT2D eigenvalue weighted by molar-refractivity contribution is 6.35. The zero-order valence-electron chi connectivity index (χ0n) is 10.8. The zero-order valence-corrected chi connectivity index (χ0v) is 12.3. The Balaban J connectivity index is 1.96. The summed E-state index contributed by atoms with van der Waals surface area (Å²) in [6.07, 6.45) is 0.176. The molecule has 19 heavy (non-hydrogen) atoms. The molecule has 1 aliphatic rings. The number of ether oxygens (including phenoxy) is 1. The summed E-state index contributed by atoms with van der Waals surface area (Å²) in [5.74, 6) is 0.0978. The molecule has 1 aromatic rings. The molecular weight excluding hydrogens is 287 g/mol. The molecule has 0 aliphatic carbocycles. The van der Waals surface area contributed by atoms with Gasteiger partial charge in [-0.1, -0.05) is 23.2 Å². The first-order valence-electron chi connectivity index (χ1n) is 6.24. The first kappa shape index (κ1) is 14.9. The van der Waals surface area contributed by atoms with Crippen molar-refractivity contribution in [2.45, 2.75) is 12.6 Å². The van der Waals surface area contributed by atoms with Crippen LogP contribution in [-0.2, 0) is 11.3 Å². The molecule has 6 heteroatoms. The molecule has 2 N–H and O–H groups in total. The number of benzene rings is 1. The van der Waals surface area contributed by atoms with E-state index in [9.17, 15) is 5.11 Å². The Labute approximate surface area is 123 Å². The van der Waals surface area contributed by atoms with Crippen LogP contribution in [0.2, 0.25) is 10.0 Å². The molecule has 0 saturated carbocycles. The van der Waals surface area contributed by atoms with Gasteiger partial charge in [-0.3, -0.25) is 4.90 Å². The molecule has 1 saturated heterocycles. The highest BCUT2D eigenvalue weighted by Gasteiger charge is 2.17. The molecule has 0 bridgehead atoms. The number of halogens is 2. The van der Waals surface area contributed by atoms with Gasteiger partial charge >= 0.3 is 0 Å². The smallest absolute Gasteiger partial charge is 0.138 e. The molecule has 1 heterocycles. The number of aromatic hydroxyl groups is 1. The third-order valence-electron chi connectivity index (χ3n) is 3.07. The molecule has 4 nitrogen and oxygen atoms in total. The van der Waals surface area contributed by atoms with Crippen molar-refractivity contribution in [1.82, 2.24) is 10.2 Å². The lowest BCUT2D eigenvalue weighted by atomic mass is 10.2.